The smallest absolute Gasteiger partial charge is 0.226 e. The van der Waals surface area contributed by atoms with Crippen LogP contribution in [0.2, 0.25) is 5.02 Å². The normalized spacial score (nSPS) is 11.0. The first kappa shape index (κ1) is 17.9. The molecule has 4 nitrogen and oxygen atoms in total. The summed E-state index contributed by atoms with van der Waals surface area (Å²) in [6.45, 7) is 1.77. The fraction of sp³-hybridized carbons (Fsp3) is 0.412. The molecule has 2 aromatic rings. The number of carbonyl (C=O) groups excluding carboxylic acids is 1. The minimum atomic E-state index is 0.0304. The molecule has 0 fully saturated rings. The highest BCUT2D eigenvalue weighted by molar-refractivity contribution is 7.13. The molecule has 1 aromatic carbocycles. The average molecular weight is 352 g/mol. The number of rotatable bonds is 8. The molecule has 1 aromatic heterocycles. The third kappa shape index (κ3) is 6.29. The van der Waals surface area contributed by atoms with E-state index in [1.165, 1.54) is 0 Å². The largest absolute Gasteiger partial charge is 0.356 e. The van der Waals surface area contributed by atoms with Crippen LogP contribution < -0.4 is 5.32 Å². The molecule has 2 rings (SSSR count). The topological polar surface area (TPSA) is 45.2 Å². The second-order valence-electron chi connectivity index (χ2n) is 5.69. The molecule has 1 heterocycles. The predicted octanol–water partition coefficient (Wildman–Crippen LogP) is 3.46. The highest BCUT2D eigenvalue weighted by Crippen LogP contribution is 2.25. The maximum Gasteiger partial charge on any atom is 0.226 e. The van der Waals surface area contributed by atoms with Crippen LogP contribution in [0.1, 0.15) is 18.5 Å². The van der Waals surface area contributed by atoms with E-state index in [2.05, 4.69) is 29.3 Å². The molecular weight excluding hydrogens is 330 g/mol. The van der Waals surface area contributed by atoms with Crippen LogP contribution in [0.4, 0.5) is 0 Å². The maximum absolute atomic E-state index is 11.9. The van der Waals surface area contributed by atoms with Crippen molar-refractivity contribution in [3.8, 4) is 10.6 Å². The van der Waals surface area contributed by atoms with E-state index in [1.54, 1.807) is 11.3 Å². The van der Waals surface area contributed by atoms with Crippen LogP contribution in [0.3, 0.4) is 0 Å². The number of hydrogen-bond donors (Lipinski definition) is 1. The van der Waals surface area contributed by atoms with Gasteiger partial charge in [-0.1, -0.05) is 23.7 Å². The molecule has 1 N–H and O–H groups in total. The van der Waals surface area contributed by atoms with Gasteiger partial charge >= 0.3 is 0 Å². The number of halogens is 1. The van der Waals surface area contributed by atoms with E-state index >= 15 is 0 Å². The number of hydrogen-bond acceptors (Lipinski definition) is 4. The molecule has 124 valence electrons. The molecule has 0 bridgehead atoms. The first-order valence-electron chi connectivity index (χ1n) is 7.66. The molecule has 0 saturated heterocycles. The van der Waals surface area contributed by atoms with E-state index in [4.69, 9.17) is 11.6 Å². The summed E-state index contributed by atoms with van der Waals surface area (Å²) in [4.78, 5) is 18.6. The van der Waals surface area contributed by atoms with Gasteiger partial charge in [-0.2, -0.15) is 0 Å². The summed E-state index contributed by atoms with van der Waals surface area (Å²) >= 11 is 7.43. The lowest BCUT2D eigenvalue weighted by molar-refractivity contribution is -0.120. The SMILES string of the molecule is CN(C)CCCCNC(=O)Cc1csc(-c2ccc(Cl)cc2)n1. The van der Waals surface area contributed by atoms with Gasteiger partial charge < -0.3 is 10.2 Å². The molecule has 0 aliphatic heterocycles. The number of aromatic nitrogens is 1. The first-order chi connectivity index (χ1) is 11.0. The average Bonchev–Trinajstić information content (AvgIpc) is 2.95. The van der Waals surface area contributed by atoms with Gasteiger partial charge in [0, 0.05) is 22.5 Å². The van der Waals surface area contributed by atoms with Crippen molar-refractivity contribution in [1.82, 2.24) is 15.2 Å². The Balaban J connectivity index is 1.77. The number of amides is 1. The Hall–Kier alpha value is -1.43. The lowest BCUT2D eigenvalue weighted by Crippen LogP contribution is -2.26. The summed E-state index contributed by atoms with van der Waals surface area (Å²) in [6, 6.07) is 7.57. The molecule has 0 unspecified atom stereocenters. The number of unbranched alkanes of at least 4 members (excludes halogenated alkanes) is 1. The van der Waals surface area contributed by atoms with Gasteiger partial charge in [0.1, 0.15) is 5.01 Å². The molecular formula is C17H22ClN3OS. The molecule has 6 heteroatoms. The number of thiazole rings is 1. The fourth-order valence-corrected chi connectivity index (χ4v) is 3.07. The fourth-order valence-electron chi connectivity index (χ4n) is 2.12. The second-order valence-corrected chi connectivity index (χ2v) is 6.98. The van der Waals surface area contributed by atoms with Crippen LogP contribution in [-0.2, 0) is 11.2 Å². The zero-order valence-corrected chi connectivity index (χ0v) is 15.1. The summed E-state index contributed by atoms with van der Waals surface area (Å²) < 4.78 is 0. The molecule has 0 aliphatic carbocycles. The van der Waals surface area contributed by atoms with Gasteiger partial charge in [0.25, 0.3) is 0 Å². The Labute approximate surface area is 146 Å². The van der Waals surface area contributed by atoms with Crippen LogP contribution in [0, 0.1) is 0 Å². The summed E-state index contributed by atoms with van der Waals surface area (Å²) in [6.07, 6.45) is 2.42. The standard InChI is InChI=1S/C17H22ClN3OS/c1-21(2)10-4-3-9-19-16(22)11-15-12-23-17(20-15)13-5-7-14(18)8-6-13/h5-8,12H,3-4,9-11H2,1-2H3,(H,19,22). The predicted molar refractivity (Wildman–Crippen MR) is 97.1 cm³/mol. The minimum absolute atomic E-state index is 0.0304. The summed E-state index contributed by atoms with van der Waals surface area (Å²) in [7, 11) is 4.11. The van der Waals surface area contributed by atoms with E-state index < -0.39 is 0 Å². The molecule has 0 radical (unpaired) electrons. The van der Waals surface area contributed by atoms with Crippen molar-refractivity contribution >= 4 is 28.8 Å². The van der Waals surface area contributed by atoms with Crippen molar-refractivity contribution in [1.29, 1.82) is 0 Å². The monoisotopic (exact) mass is 351 g/mol. The van der Waals surface area contributed by atoms with E-state index in [0.29, 0.717) is 11.4 Å². The van der Waals surface area contributed by atoms with Gasteiger partial charge in [0.2, 0.25) is 5.91 Å². The van der Waals surface area contributed by atoms with Gasteiger partial charge in [-0.3, -0.25) is 4.79 Å². The van der Waals surface area contributed by atoms with Gasteiger partial charge in [-0.25, -0.2) is 4.98 Å². The number of nitrogens with zero attached hydrogens (tertiary/aromatic N) is 2. The molecule has 0 atom stereocenters. The lowest BCUT2D eigenvalue weighted by atomic mass is 10.2. The quantitative estimate of drug-likeness (QED) is 0.741. The second kappa shape index (κ2) is 9.01. The molecule has 0 spiro atoms. The third-order valence-electron chi connectivity index (χ3n) is 3.34. The third-order valence-corrected chi connectivity index (χ3v) is 4.53. The summed E-state index contributed by atoms with van der Waals surface area (Å²) in [5, 5.41) is 6.51. The van der Waals surface area contributed by atoms with Crippen LogP contribution in [0.25, 0.3) is 10.6 Å². The Morgan fingerprint density at radius 2 is 2.00 bits per heavy atom. The molecule has 0 aliphatic rings. The Bertz CT molecular complexity index is 625. The van der Waals surface area contributed by atoms with Gasteiger partial charge in [0.15, 0.2) is 0 Å². The van der Waals surface area contributed by atoms with E-state index in [9.17, 15) is 4.79 Å². The van der Waals surface area contributed by atoms with E-state index in [0.717, 1.165) is 42.2 Å². The summed E-state index contributed by atoms with van der Waals surface area (Å²) in [5.74, 6) is 0.0304. The van der Waals surface area contributed by atoms with Crippen molar-refractivity contribution in [2.75, 3.05) is 27.2 Å². The van der Waals surface area contributed by atoms with Crippen molar-refractivity contribution < 1.29 is 4.79 Å². The van der Waals surface area contributed by atoms with Crippen molar-refractivity contribution in [2.45, 2.75) is 19.3 Å². The highest BCUT2D eigenvalue weighted by atomic mass is 35.5. The Morgan fingerprint density at radius 1 is 1.26 bits per heavy atom. The van der Waals surface area contributed by atoms with E-state index in [1.807, 2.05) is 29.6 Å². The summed E-state index contributed by atoms with van der Waals surface area (Å²) in [5.41, 5.74) is 1.83. The Kier molecular flexibility index (Phi) is 7.02. The van der Waals surface area contributed by atoms with Crippen LogP contribution >= 0.6 is 22.9 Å². The van der Waals surface area contributed by atoms with Gasteiger partial charge in [-0.05, 0) is 45.6 Å². The van der Waals surface area contributed by atoms with Crippen molar-refractivity contribution in [3.63, 3.8) is 0 Å². The first-order valence-corrected chi connectivity index (χ1v) is 8.92. The van der Waals surface area contributed by atoms with Crippen LogP contribution in [0.15, 0.2) is 29.6 Å². The number of carbonyl (C=O) groups is 1. The van der Waals surface area contributed by atoms with Crippen LogP contribution in [-0.4, -0.2) is 43.0 Å². The zero-order valence-electron chi connectivity index (χ0n) is 13.5. The molecule has 23 heavy (non-hydrogen) atoms. The highest BCUT2D eigenvalue weighted by Gasteiger charge is 2.08. The Morgan fingerprint density at radius 3 is 2.70 bits per heavy atom. The molecule has 0 saturated carbocycles. The zero-order chi connectivity index (χ0) is 16.7. The van der Waals surface area contributed by atoms with Gasteiger partial charge in [0.05, 0.1) is 12.1 Å². The van der Waals surface area contributed by atoms with Crippen molar-refractivity contribution in [3.05, 3.63) is 40.4 Å². The maximum atomic E-state index is 11.9. The minimum Gasteiger partial charge on any atom is -0.356 e. The van der Waals surface area contributed by atoms with Gasteiger partial charge in [-0.15, -0.1) is 11.3 Å². The van der Waals surface area contributed by atoms with Crippen LogP contribution in [0.5, 0.6) is 0 Å². The number of nitrogens with one attached hydrogen (secondary N) is 1. The number of benzene rings is 1. The molecule has 1 amide bonds. The van der Waals surface area contributed by atoms with E-state index in [-0.39, 0.29) is 5.91 Å². The lowest BCUT2D eigenvalue weighted by Gasteiger charge is -2.09. The van der Waals surface area contributed by atoms with Crippen molar-refractivity contribution in [2.24, 2.45) is 0 Å².